The largest absolute Gasteiger partial charge is 0.481 e. The van der Waals surface area contributed by atoms with Crippen molar-refractivity contribution in [2.75, 3.05) is 13.1 Å². The van der Waals surface area contributed by atoms with Crippen molar-refractivity contribution in [3.63, 3.8) is 0 Å². The number of hydrogen-bond acceptors (Lipinski definition) is 2. The van der Waals surface area contributed by atoms with E-state index in [1.54, 1.807) is 0 Å². The summed E-state index contributed by atoms with van der Waals surface area (Å²) in [5, 5.41) is 9.93. The third-order valence-corrected chi connectivity index (χ3v) is 6.23. The van der Waals surface area contributed by atoms with Gasteiger partial charge in [-0.1, -0.05) is 75.4 Å². The molecule has 0 aliphatic carbocycles. The van der Waals surface area contributed by atoms with E-state index in [0.717, 1.165) is 45.3 Å². The summed E-state index contributed by atoms with van der Waals surface area (Å²) in [4.78, 5) is 14.5. The van der Waals surface area contributed by atoms with Crippen LogP contribution in [0.15, 0.2) is 54.6 Å². The Morgan fingerprint density at radius 2 is 1.57 bits per heavy atom. The van der Waals surface area contributed by atoms with Gasteiger partial charge in [0, 0.05) is 6.54 Å². The van der Waals surface area contributed by atoms with Crippen molar-refractivity contribution in [2.24, 2.45) is 5.41 Å². The van der Waals surface area contributed by atoms with Crippen LogP contribution >= 0.6 is 0 Å². The number of carbonyl (C=O) groups is 1. The minimum atomic E-state index is -0.627. The summed E-state index contributed by atoms with van der Waals surface area (Å²) in [5.41, 5.74) is 3.47. The smallest absolute Gasteiger partial charge is 0.309 e. The minimum Gasteiger partial charge on any atom is -0.481 e. The molecule has 0 aromatic heterocycles. The number of hydrogen-bond donors (Lipinski definition) is 1. The average molecular weight is 380 g/mol. The molecule has 1 saturated heterocycles. The van der Waals surface area contributed by atoms with E-state index < -0.39 is 11.4 Å². The van der Waals surface area contributed by atoms with Gasteiger partial charge in [-0.15, -0.1) is 0 Å². The van der Waals surface area contributed by atoms with Gasteiger partial charge in [-0.25, -0.2) is 0 Å². The maximum Gasteiger partial charge on any atom is 0.309 e. The number of benzene rings is 2. The van der Waals surface area contributed by atoms with Gasteiger partial charge in [0.2, 0.25) is 0 Å². The van der Waals surface area contributed by atoms with Gasteiger partial charge in [-0.2, -0.15) is 0 Å². The highest BCUT2D eigenvalue weighted by atomic mass is 16.4. The van der Waals surface area contributed by atoms with Gasteiger partial charge in [-0.3, -0.25) is 9.69 Å². The highest BCUT2D eigenvalue weighted by Gasteiger charge is 2.40. The number of carboxylic acids is 1. The molecule has 1 aliphatic heterocycles. The van der Waals surface area contributed by atoms with Crippen molar-refractivity contribution >= 4 is 5.97 Å². The predicted molar refractivity (Wildman–Crippen MR) is 114 cm³/mol. The second-order valence-electron chi connectivity index (χ2n) is 9.29. The van der Waals surface area contributed by atoms with Crippen LogP contribution in [0.5, 0.6) is 0 Å². The van der Waals surface area contributed by atoms with E-state index in [4.69, 9.17) is 0 Å². The highest BCUT2D eigenvalue weighted by Crippen LogP contribution is 2.37. The number of aliphatic carboxylic acids is 1. The van der Waals surface area contributed by atoms with Gasteiger partial charge in [0.25, 0.3) is 0 Å². The Bertz CT molecular complexity index is 766. The second kappa shape index (κ2) is 8.48. The van der Waals surface area contributed by atoms with Crippen molar-refractivity contribution in [1.82, 2.24) is 4.90 Å². The summed E-state index contributed by atoms with van der Waals surface area (Å²) >= 11 is 0. The summed E-state index contributed by atoms with van der Waals surface area (Å²) < 4.78 is 0. The van der Waals surface area contributed by atoms with Crippen LogP contribution in [0.1, 0.15) is 56.7 Å². The standard InChI is InChI=1S/C25H33NO2/c1-24(2,3)22-11-9-21(10-12-22)19-26-17-15-25(16-18-26,23(27)28)14-13-20-7-5-4-6-8-20/h4-12H,13-19H2,1-3H3,(H,27,28). The lowest BCUT2D eigenvalue weighted by Gasteiger charge is -2.39. The Balaban J connectivity index is 1.57. The van der Waals surface area contributed by atoms with Gasteiger partial charge in [0.1, 0.15) is 0 Å². The van der Waals surface area contributed by atoms with E-state index in [0.29, 0.717) is 0 Å². The molecule has 3 nitrogen and oxygen atoms in total. The quantitative estimate of drug-likeness (QED) is 0.742. The number of likely N-dealkylation sites (tertiary alicyclic amines) is 1. The number of carboxylic acid groups (broad SMARTS) is 1. The molecule has 2 aromatic rings. The molecule has 1 N–H and O–H groups in total. The van der Waals surface area contributed by atoms with Crippen LogP contribution in [0.25, 0.3) is 0 Å². The molecule has 0 radical (unpaired) electrons. The van der Waals surface area contributed by atoms with E-state index in [1.165, 1.54) is 16.7 Å². The molecule has 3 heteroatoms. The summed E-state index contributed by atoms with van der Waals surface area (Å²) in [7, 11) is 0. The van der Waals surface area contributed by atoms with Gasteiger partial charge in [0.05, 0.1) is 5.41 Å². The van der Waals surface area contributed by atoms with Crippen molar-refractivity contribution in [3.05, 3.63) is 71.3 Å². The summed E-state index contributed by atoms with van der Waals surface area (Å²) in [6, 6.07) is 19.1. The van der Waals surface area contributed by atoms with Crippen LogP contribution in [0.3, 0.4) is 0 Å². The molecule has 0 spiro atoms. The van der Waals surface area contributed by atoms with E-state index >= 15 is 0 Å². The van der Waals surface area contributed by atoms with Gasteiger partial charge >= 0.3 is 5.97 Å². The van der Waals surface area contributed by atoms with Crippen LogP contribution in [-0.2, 0) is 23.2 Å². The van der Waals surface area contributed by atoms with Gasteiger partial charge in [-0.05, 0) is 60.9 Å². The Morgan fingerprint density at radius 3 is 2.11 bits per heavy atom. The van der Waals surface area contributed by atoms with Gasteiger partial charge in [0.15, 0.2) is 0 Å². The molecule has 0 saturated carbocycles. The summed E-state index contributed by atoms with van der Waals surface area (Å²) in [6.07, 6.45) is 3.02. The van der Waals surface area contributed by atoms with E-state index in [-0.39, 0.29) is 5.41 Å². The molecule has 2 aromatic carbocycles. The molecule has 3 rings (SSSR count). The van der Waals surface area contributed by atoms with E-state index in [1.807, 2.05) is 18.2 Å². The Hall–Kier alpha value is -2.13. The van der Waals surface area contributed by atoms with Crippen LogP contribution in [0, 0.1) is 5.41 Å². The van der Waals surface area contributed by atoms with Crippen molar-refractivity contribution in [1.29, 1.82) is 0 Å². The molecule has 150 valence electrons. The predicted octanol–water partition coefficient (Wildman–Crippen LogP) is 5.28. The molecule has 1 fully saturated rings. The first-order chi connectivity index (χ1) is 13.3. The molecule has 1 aliphatic rings. The molecule has 0 bridgehead atoms. The lowest BCUT2D eigenvalue weighted by atomic mass is 9.74. The summed E-state index contributed by atoms with van der Waals surface area (Å²) in [5.74, 6) is -0.627. The van der Waals surface area contributed by atoms with Crippen molar-refractivity contribution in [2.45, 2.75) is 58.4 Å². The molecule has 0 atom stereocenters. The van der Waals surface area contributed by atoms with Crippen LogP contribution in [-0.4, -0.2) is 29.1 Å². The fourth-order valence-corrected chi connectivity index (χ4v) is 4.11. The van der Waals surface area contributed by atoms with Crippen molar-refractivity contribution in [3.8, 4) is 0 Å². The molecule has 28 heavy (non-hydrogen) atoms. The van der Waals surface area contributed by atoms with Crippen LogP contribution in [0.4, 0.5) is 0 Å². The Labute approximate surface area is 169 Å². The van der Waals surface area contributed by atoms with E-state index in [2.05, 4.69) is 62.1 Å². The first kappa shape index (κ1) is 20.6. The fourth-order valence-electron chi connectivity index (χ4n) is 4.11. The zero-order chi connectivity index (χ0) is 20.2. The first-order valence-corrected chi connectivity index (χ1v) is 10.4. The van der Waals surface area contributed by atoms with Gasteiger partial charge < -0.3 is 5.11 Å². The molecule has 0 unspecified atom stereocenters. The summed E-state index contributed by atoms with van der Waals surface area (Å²) in [6.45, 7) is 9.29. The van der Waals surface area contributed by atoms with Crippen LogP contribution in [0.2, 0.25) is 0 Å². The fraction of sp³-hybridized carbons (Fsp3) is 0.480. The third kappa shape index (κ3) is 5.02. The zero-order valence-corrected chi connectivity index (χ0v) is 17.4. The molecular formula is C25H33NO2. The maximum atomic E-state index is 12.1. The Morgan fingerprint density at radius 1 is 0.964 bits per heavy atom. The normalized spacial score (nSPS) is 17.4. The molecular weight excluding hydrogens is 346 g/mol. The zero-order valence-electron chi connectivity index (χ0n) is 17.4. The average Bonchev–Trinajstić information content (AvgIpc) is 2.68. The van der Waals surface area contributed by atoms with Crippen molar-refractivity contribution < 1.29 is 9.90 Å². The SMILES string of the molecule is CC(C)(C)c1ccc(CN2CCC(CCc3ccccc3)(C(=O)O)CC2)cc1. The third-order valence-electron chi connectivity index (χ3n) is 6.23. The van der Waals surface area contributed by atoms with E-state index in [9.17, 15) is 9.90 Å². The number of rotatable bonds is 6. The maximum absolute atomic E-state index is 12.1. The monoisotopic (exact) mass is 379 g/mol. The first-order valence-electron chi connectivity index (χ1n) is 10.4. The highest BCUT2D eigenvalue weighted by molar-refractivity contribution is 5.74. The minimum absolute atomic E-state index is 0.170. The topological polar surface area (TPSA) is 40.5 Å². The second-order valence-corrected chi connectivity index (χ2v) is 9.29. The molecule has 1 heterocycles. The molecule has 0 amide bonds. The Kier molecular flexibility index (Phi) is 6.24. The number of nitrogens with zero attached hydrogens (tertiary/aromatic N) is 1. The lowest BCUT2D eigenvalue weighted by Crippen LogP contribution is -2.44. The number of aryl methyl sites for hydroxylation is 1. The van der Waals surface area contributed by atoms with Crippen LogP contribution < -0.4 is 0 Å². The number of piperidine rings is 1. The lowest BCUT2D eigenvalue weighted by molar-refractivity contribution is -0.152.